The zero-order valence-electron chi connectivity index (χ0n) is 18.0. The van der Waals surface area contributed by atoms with E-state index in [2.05, 4.69) is 4.99 Å². The number of hydrogen-bond acceptors (Lipinski definition) is 5. The van der Waals surface area contributed by atoms with Crippen LogP contribution in [0.25, 0.3) is 10.2 Å². The van der Waals surface area contributed by atoms with Crippen LogP contribution < -0.4 is 4.80 Å². The Balaban J connectivity index is 1.84. The highest BCUT2D eigenvalue weighted by molar-refractivity contribution is 7.16. The molecule has 3 rings (SSSR count). The van der Waals surface area contributed by atoms with E-state index in [1.165, 1.54) is 43.4 Å². The van der Waals surface area contributed by atoms with E-state index < -0.39 is 0 Å². The van der Waals surface area contributed by atoms with Gasteiger partial charge in [-0.05, 0) is 44.4 Å². The van der Waals surface area contributed by atoms with Gasteiger partial charge in [-0.2, -0.15) is 4.99 Å². The lowest BCUT2D eigenvalue weighted by atomic mass is 9.86. The summed E-state index contributed by atoms with van der Waals surface area (Å²) in [4.78, 5) is 29.8. The number of esters is 1. The van der Waals surface area contributed by atoms with Gasteiger partial charge in [0.05, 0.1) is 29.0 Å². The summed E-state index contributed by atoms with van der Waals surface area (Å²) in [5.74, 6) is 0.260. The van der Waals surface area contributed by atoms with Crippen LogP contribution in [0.15, 0.2) is 23.2 Å². The molecule has 1 aromatic carbocycles. The predicted molar refractivity (Wildman–Crippen MR) is 119 cm³/mol. The largest absolute Gasteiger partial charge is 0.462 e. The molecule has 1 amide bonds. The third kappa shape index (κ3) is 6.01. The van der Waals surface area contributed by atoms with Gasteiger partial charge in [-0.15, -0.1) is 0 Å². The van der Waals surface area contributed by atoms with Crippen molar-refractivity contribution in [3.8, 4) is 0 Å². The number of rotatable bonds is 9. The van der Waals surface area contributed by atoms with E-state index in [1.807, 2.05) is 23.6 Å². The molecule has 6 nitrogen and oxygen atoms in total. The summed E-state index contributed by atoms with van der Waals surface area (Å²) in [7, 11) is 0. The van der Waals surface area contributed by atoms with Crippen molar-refractivity contribution in [3.05, 3.63) is 28.6 Å². The van der Waals surface area contributed by atoms with Crippen molar-refractivity contribution < 1.29 is 19.1 Å². The fraction of sp³-hybridized carbons (Fsp3) is 0.609. The SMILES string of the molecule is CCOCCn1c(=NC(=O)CCC2CCCCC2)sc2cc(C(=O)OCC)ccc21. The Bertz CT molecular complexity index is 925. The fourth-order valence-electron chi connectivity index (χ4n) is 3.98. The number of ether oxygens (including phenoxy) is 2. The lowest BCUT2D eigenvalue weighted by molar-refractivity contribution is -0.118. The molecule has 0 aliphatic heterocycles. The molecule has 30 heavy (non-hydrogen) atoms. The summed E-state index contributed by atoms with van der Waals surface area (Å²) < 4.78 is 13.6. The van der Waals surface area contributed by atoms with Crippen molar-refractivity contribution in [1.29, 1.82) is 0 Å². The van der Waals surface area contributed by atoms with Crippen molar-refractivity contribution in [2.24, 2.45) is 10.9 Å². The Labute approximate surface area is 181 Å². The Morgan fingerprint density at radius 3 is 2.70 bits per heavy atom. The predicted octanol–water partition coefficient (Wildman–Crippen LogP) is 4.70. The van der Waals surface area contributed by atoms with Crippen LogP contribution in [0.2, 0.25) is 0 Å². The first-order valence-electron chi connectivity index (χ1n) is 11.1. The van der Waals surface area contributed by atoms with Gasteiger partial charge in [0.25, 0.3) is 0 Å². The first kappa shape index (κ1) is 22.7. The van der Waals surface area contributed by atoms with Gasteiger partial charge in [-0.3, -0.25) is 4.79 Å². The molecule has 1 fully saturated rings. The summed E-state index contributed by atoms with van der Waals surface area (Å²) in [6.45, 7) is 5.89. The number of carbonyl (C=O) groups excluding carboxylic acids is 2. The van der Waals surface area contributed by atoms with Crippen molar-refractivity contribution in [3.63, 3.8) is 0 Å². The molecular formula is C23H32N2O4S. The molecule has 2 aromatic rings. The molecule has 0 N–H and O–H groups in total. The average Bonchev–Trinajstić information content (AvgIpc) is 3.09. The van der Waals surface area contributed by atoms with E-state index in [1.54, 1.807) is 13.0 Å². The highest BCUT2D eigenvalue weighted by Crippen LogP contribution is 2.27. The third-order valence-electron chi connectivity index (χ3n) is 5.57. The van der Waals surface area contributed by atoms with Crippen LogP contribution in [0.4, 0.5) is 0 Å². The molecule has 1 saturated carbocycles. The maximum absolute atomic E-state index is 12.6. The zero-order valence-corrected chi connectivity index (χ0v) is 18.8. The number of fused-ring (bicyclic) bond motifs is 1. The molecule has 164 valence electrons. The number of nitrogens with zero attached hydrogens (tertiary/aromatic N) is 2. The summed E-state index contributed by atoms with van der Waals surface area (Å²) in [5.41, 5.74) is 1.46. The number of hydrogen-bond donors (Lipinski definition) is 0. The summed E-state index contributed by atoms with van der Waals surface area (Å²) >= 11 is 1.43. The van der Waals surface area contributed by atoms with Gasteiger partial charge >= 0.3 is 5.97 Å². The summed E-state index contributed by atoms with van der Waals surface area (Å²) in [6, 6.07) is 5.48. The van der Waals surface area contributed by atoms with Gasteiger partial charge in [0.1, 0.15) is 0 Å². The maximum Gasteiger partial charge on any atom is 0.338 e. The Morgan fingerprint density at radius 1 is 1.17 bits per heavy atom. The molecule has 0 unspecified atom stereocenters. The smallest absolute Gasteiger partial charge is 0.338 e. The molecule has 0 radical (unpaired) electrons. The first-order valence-corrected chi connectivity index (χ1v) is 11.9. The minimum atomic E-state index is -0.337. The maximum atomic E-state index is 12.6. The van der Waals surface area contributed by atoms with Crippen LogP contribution in [-0.2, 0) is 20.8 Å². The van der Waals surface area contributed by atoms with Gasteiger partial charge in [0.2, 0.25) is 5.91 Å². The molecule has 1 aliphatic carbocycles. The second kappa shape index (κ2) is 11.4. The molecule has 0 bridgehead atoms. The van der Waals surface area contributed by atoms with Crippen LogP contribution in [0.5, 0.6) is 0 Å². The van der Waals surface area contributed by atoms with Crippen molar-refractivity contribution in [2.45, 2.75) is 65.3 Å². The van der Waals surface area contributed by atoms with E-state index in [0.29, 0.717) is 49.1 Å². The molecule has 1 aliphatic rings. The van der Waals surface area contributed by atoms with Crippen molar-refractivity contribution >= 4 is 33.4 Å². The quantitative estimate of drug-likeness (QED) is 0.425. The van der Waals surface area contributed by atoms with E-state index >= 15 is 0 Å². The van der Waals surface area contributed by atoms with Crippen molar-refractivity contribution in [2.75, 3.05) is 19.8 Å². The number of aromatic nitrogens is 1. The second-order valence-corrected chi connectivity index (χ2v) is 8.69. The molecule has 1 heterocycles. The lowest BCUT2D eigenvalue weighted by Gasteiger charge is -2.20. The summed E-state index contributed by atoms with van der Waals surface area (Å²) in [5, 5.41) is 0. The zero-order chi connectivity index (χ0) is 21.3. The van der Waals surface area contributed by atoms with Gasteiger partial charge in [-0.25, -0.2) is 4.79 Å². The number of carbonyl (C=O) groups is 2. The van der Waals surface area contributed by atoms with E-state index in [4.69, 9.17) is 9.47 Å². The Kier molecular flexibility index (Phi) is 8.63. The van der Waals surface area contributed by atoms with Crippen LogP contribution >= 0.6 is 11.3 Å². The second-order valence-electron chi connectivity index (χ2n) is 7.68. The van der Waals surface area contributed by atoms with Crippen LogP contribution in [0.3, 0.4) is 0 Å². The number of benzene rings is 1. The van der Waals surface area contributed by atoms with Gasteiger partial charge in [0.15, 0.2) is 4.80 Å². The fourth-order valence-corrected chi connectivity index (χ4v) is 5.09. The Morgan fingerprint density at radius 2 is 1.97 bits per heavy atom. The molecule has 0 spiro atoms. The first-order chi connectivity index (χ1) is 14.6. The minimum Gasteiger partial charge on any atom is -0.462 e. The molecule has 0 saturated heterocycles. The molecule has 0 atom stereocenters. The van der Waals surface area contributed by atoms with Gasteiger partial charge < -0.3 is 14.0 Å². The highest BCUT2D eigenvalue weighted by atomic mass is 32.1. The monoisotopic (exact) mass is 432 g/mol. The van der Waals surface area contributed by atoms with Crippen LogP contribution in [0, 0.1) is 5.92 Å². The topological polar surface area (TPSA) is 69.9 Å². The van der Waals surface area contributed by atoms with Gasteiger partial charge in [0, 0.05) is 19.6 Å². The number of thiazole rings is 1. The standard InChI is InChI=1S/C23H32N2O4S/c1-3-28-15-14-25-19-12-11-18(22(27)29-4-2)16-20(19)30-23(25)24-21(26)13-10-17-8-6-5-7-9-17/h11-12,16-17H,3-10,13-15H2,1-2H3. The summed E-state index contributed by atoms with van der Waals surface area (Å²) in [6.07, 6.45) is 7.79. The van der Waals surface area contributed by atoms with E-state index in [0.717, 1.165) is 16.6 Å². The lowest BCUT2D eigenvalue weighted by Crippen LogP contribution is -2.20. The minimum absolute atomic E-state index is 0.0668. The van der Waals surface area contributed by atoms with E-state index in [9.17, 15) is 9.59 Å². The highest BCUT2D eigenvalue weighted by Gasteiger charge is 2.16. The third-order valence-corrected chi connectivity index (χ3v) is 6.61. The van der Waals surface area contributed by atoms with Crippen molar-refractivity contribution in [1.82, 2.24) is 4.57 Å². The molecular weight excluding hydrogens is 400 g/mol. The normalized spacial score (nSPS) is 15.6. The van der Waals surface area contributed by atoms with Gasteiger partial charge in [-0.1, -0.05) is 43.4 Å². The molecule has 1 aromatic heterocycles. The number of amides is 1. The molecule has 7 heteroatoms. The van der Waals surface area contributed by atoms with Crippen LogP contribution in [0.1, 0.15) is 69.2 Å². The van der Waals surface area contributed by atoms with Crippen LogP contribution in [-0.4, -0.2) is 36.3 Å². The Hall–Kier alpha value is -1.99. The average molecular weight is 433 g/mol. The van der Waals surface area contributed by atoms with E-state index in [-0.39, 0.29) is 11.9 Å².